The molecular weight excluding hydrogens is 403 g/mol. The number of aryl methyl sites for hydroxylation is 1. The molecule has 0 aliphatic heterocycles. The van der Waals surface area contributed by atoms with E-state index in [2.05, 4.69) is 20.3 Å². The Morgan fingerprint density at radius 1 is 1.00 bits per heavy atom. The number of halogens is 3. The summed E-state index contributed by atoms with van der Waals surface area (Å²) in [6, 6.07) is 10.8. The highest BCUT2D eigenvalue weighted by molar-refractivity contribution is 5.65. The Morgan fingerprint density at radius 3 is 2.26 bits per heavy atom. The molecule has 0 fully saturated rings. The molecule has 0 radical (unpaired) electrons. The highest BCUT2D eigenvalue weighted by Gasteiger charge is 2.30. The lowest BCUT2D eigenvalue weighted by Crippen LogP contribution is -2.14. The number of nitrogen functional groups attached to an aromatic ring is 1. The number of benzene rings is 1. The van der Waals surface area contributed by atoms with E-state index in [0.717, 1.165) is 23.4 Å². The standard InChI is InChI=1S/C23H24F3N5/c1-15-19(20(27)31-21(30-15)29-14-18-6-4-5-13-28-18)11-12-22(2,3)16-7-9-17(10-8-16)23(24,25)26/h4-13H,14H2,1-3H3,(H3,27,29,30,31)/b12-11+. The summed E-state index contributed by atoms with van der Waals surface area (Å²) in [7, 11) is 0. The van der Waals surface area contributed by atoms with Crippen LogP contribution in [0.2, 0.25) is 0 Å². The van der Waals surface area contributed by atoms with E-state index < -0.39 is 17.2 Å². The van der Waals surface area contributed by atoms with Gasteiger partial charge >= 0.3 is 6.18 Å². The summed E-state index contributed by atoms with van der Waals surface area (Å²) in [5, 5.41) is 3.10. The van der Waals surface area contributed by atoms with Crippen molar-refractivity contribution in [3.8, 4) is 0 Å². The molecule has 0 saturated carbocycles. The van der Waals surface area contributed by atoms with Crippen molar-refractivity contribution < 1.29 is 13.2 Å². The Hall–Kier alpha value is -3.42. The molecule has 0 aliphatic carbocycles. The van der Waals surface area contributed by atoms with Crippen LogP contribution < -0.4 is 11.1 Å². The van der Waals surface area contributed by atoms with Crippen molar-refractivity contribution in [2.45, 2.75) is 38.9 Å². The average molecular weight is 427 g/mol. The molecular formula is C23H24F3N5. The lowest BCUT2D eigenvalue weighted by atomic mass is 9.83. The maximum Gasteiger partial charge on any atom is 0.416 e. The van der Waals surface area contributed by atoms with Crippen LogP contribution in [0.25, 0.3) is 6.08 Å². The number of nitrogens with one attached hydrogen (secondary N) is 1. The summed E-state index contributed by atoms with van der Waals surface area (Å²) in [5.74, 6) is 0.718. The van der Waals surface area contributed by atoms with Gasteiger partial charge in [-0.05, 0) is 36.8 Å². The highest BCUT2D eigenvalue weighted by Crippen LogP contribution is 2.32. The minimum atomic E-state index is -4.35. The van der Waals surface area contributed by atoms with Crippen LogP contribution in [0.5, 0.6) is 0 Å². The molecule has 3 rings (SSSR count). The van der Waals surface area contributed by atoms with Gasteiger partial charge in [0.15, 0.2) is 0 Å². The Morgan fingerprint density at radius 2 is 1.68 bits per heavy atom. The zero-order valence-electron chi connectivity index (χ0n) is 17.5. The molecule has 1 aromatic carbocycles. The molecule has 0 spiro atoms. The summed E-state index contributed by atoms with van der Waals surface area (Å²) in [5.41, 5.74) is 7.92. The molecule has 2 aromatic heterocycles. The third-order valence-electron chi connectivity index (χ3n) is 4.94. The van der Waals surface area contributed by atoms with E-state index in [1.165, 1.54) is 12.1 Å². The highest BCUT2D eigenvalue weighted by atomic mass is 19.4. The maximum atomic E-state index is 12.8. The predicted molar refractivity (Wildman–Crippen MR) is 116 cm³/mol. The van der Waals surface area contributed by atoms with Crippen LogP contribution in [0.4, 0.5) is 24.9 Å². The van der Waals surface area contributed by atoms with Crippen molar-refractivity contribution in [1.29, 1.82) is 0 Å². The van der Waals surface area contributed by atoms with Crippen LogP contribution >= 0.6 is 0 Å². The molecule has 3 aromatic rings. The zero-order valence-corrected chi connectivity index (χ0v) is 17.5. The Labute approximate surface area is 179 Å². The van der Waals surface area contributed by atoms with Crippen molar-refractivity contribution >= 4 is 17.8 Å². The molecule has 0 atom stereocenters. The van der Waals surface area contributed by atoms with Gasteiger partial charge in [0.25, 0.3) is 0 Å². The average Bonchev–Trinajstić information content (AvgIpc) is 2.72. The minimum Gasteiger partial charge on any atom is -0.383 e. The number of rotatable bonds is 6. The fourth-order valence-electron chi connectivity index (χ4n) is 3.04. The fourth-order valence-corrected chi connectivity index (χ4v) is 3.04. The smallest absolute Gasteiger partial charge is 0.383 e. The van der Waals surface area contributed by atoms with Crippen LogP contribution in [-0.4, -0.2) is 15.0 Å². The van der Waals surface area contributed by atoms with Gasteiger partial charge in [-0.15, -0.1) is 0 Å². The van der Waals surface area contributed by atoms with Gasteiger partial charge in [0.1, 0.15) is 5.82 Å². The number of alkyl halides is 3. The van der Waals surface area contributed by atoms with Crippen LogP contribution in [0.1, 0.15) is 41.9 Å². The Bertz CT molecular complexity index is 1040. The number of nitrogens with two attached hydrogens (primary N) is 1. The molecule has 31 heavy (non-hydrogen) atoms. The molecule has 162 valence electrons. The maximum absolute atomic E-state index is 12.8. The molecule has 8 heteroatoms. The van der Waals surface area contributed by atoms with Crippen molar-refractivity contribution in [1.82, 2.24) is 15.0 Å². The SMILES string of the molecule is Cc1nc(NCc2ccccn2)nc(N)c1/C=C/C(C)(C)c1ccc(C(F)(F)F)cc1. The van der Waals surface area contributed by atoms with Gasteiger partial charge in [-0.3, -0.25) is 4.98 Å². The zero-order chi connectivity index (χ0) is 22.6. The summed E-state index contributed by atoms with van der Waals surface area (Å²) < 4.78 is 38.4. The monoisotopic (exact) mass is 427 g/mol. The third kappa shape index (κ3) is 5.59. The minimum absolute atomic E-state index is 0.315. The largest absolute Gasteiger partial charge is 0.416 e. The number of anilines is 2. The molecule has 0 saturated heterocycles. The van der Waals surface area contributed by atoms with Crippen LogP contribution in [0.15, 0.2) is 54.7 Å². The first-order chi connectivity index (χ1) is 14.6. The third-order valence-corrected chi connectivity index (χ3v) is 4.94. The van der Waals surface area contributed by atoms with Gasteiger partial charge in [-0.25, -0.2) is 4.98 Å². The molecule has 0 bridgehead atoms. The molecule has 2 heterocycles. The first kappa shape index (κ1) is 22.3. The first-order valence-electron chi connectivity index (χ1n) is 9.71. The Kier molecular flexibility index (Phi) is 6.29. The topological polar surface area (TPSA) is 76.7 Å². The summed E-state index contributed by atoms with van der Waals surface area (Å²) in [6.45, 7) is 6.13. The number of hydrogen-bond acceptors (Lipinski definition) is 5. The van der Waals surface area contributed by atoms with Crippen LogP contribution in [0.3, 0.4) is 0 Å². The predicted octanol–water partition coefficient (Wildman–Crippen LogP) is 5.38. The van der Waals surface area contributed by atoms with Gasteiger partial charge in [0.05, 0.1) is 23.5 Å². The normalized spacial score (nSPS) is 12.3. The summed E-state index contributed by atoms with van der Waals surface area (Å²) >= 11 is 0. The second-order valence-electron chi connectivity index (χ2n) is 7.74. The second-order valence-corrected chi connectivity index (χ2v) is 7.74. The quantitative estimate of drug-likeness (QED) is 0.552. The van der Waals surface area contributed by atoms with E-state index in [1.807, 2.05) is 51.1 Å². The van der Waals surface area contributed by atoms with Gasteiger partial charge in [-0.2, -0.15) is 18.2 Å². The first-order valence-corrected chi connectivity index (χ1v) is 9.71. The summed E-state index contributed by atoms with van der Waals surface area (Å²) in [6.07, 6.45) is 1.06. The molecule has 5 nitrogen and oxygen atoms in total. The number of pyridine rings is 1. The van der Waals surface area contributed by atoms with Gasteiger partial charge in [-0.1, -0.05) is 44.2 Å². The van der Waals surface area contributed by atoms with Crippen molar-refractivity contribution in [2.24, 2.45) is 0 Å². The van der Waals surface area contributed by atoms with Crippen molar-refractivity contribution in [3.05, 3.63) is 82.8 Å². The number of aromatic nitrogens is 3. The Balaban J connectivity index is 1.76. The van der Waals surface area contributed by atoms with E-state index in [-0.39, 0.29) is 0 Å². The number of allylic oxidation sites excluding steroid dienone is 1. The molecule has 0 amide bonds. The van der Waals surface area contributed by atoms with Crippen molar-refractivity contribution in [3.63, 3.8) is 0 Å². The number of hydrogen-bond donors (Lipinski definition) is 2. The van der Waals surface area contributed by atoms with E-state index in [4.69, 9.17) is 5.73 Å². The van der Waals surface area contributed by atoms with Crippen LogP contribution in [0, 0.1) is 6.92 Å². The van der Waals surface area contributed by atoms with Gasteiger partial charge in [0, 0.05) is 17.2 Å². The lowest BCUT2D eigenvalue weighted by Gasteiger charge is -2.22. The van der Waals surface area contributed by atoms with E-state index >= 15 is 0 Å². The van der Waals surface area contributed by atoms with E-state index in [9.17, 15) is 13.2 Å². The van der Waals surface area contributed by atoms with Crippen molar-refractivity contribution in [2.75, 3.05) is 11.1 Å². The molecule has 0 aliphatic rings. The van der Waals surface area contributed by atoms with E-state index in [1.54, 1.807) is 6.20 Å². The van der Waals surface area contributed by atoms with Gasteiger partial charge in [0.2, 0.25) is 5.95 Å². The summed E-state index contributed by atoms with van der Waals surface area (Å²) in [4.78, 5) is 13.0. The van der Waals surface area contributed by atoms with Gasteiger partial charge < -0.3 is 11.1 Å². The fraction of sp³-hybridized carbons (Fsp3) is 0.261. The van der Waals surface area contributed by atoms with E-state index in [0.29, 0.717) is 29.6 Å². The lowest BCUT2D eigenvalue weighted by molar-refractivity contribution is -0.137. The molecule has 3 N–H and O–H groups in total. The molecule has 0 unspecified atom stereocenters. The number of nitrogens with zero attached hydrogens (tertiary/aromatic N) is 3. The van der Waals surface area contributed by atoms with Crippen LogP contribution in [-0.2, 0) is 18.1 Å². The second kappa shape index (κ2) is 8.75.